The molecule has 0 spiro atoms. The Balaban J connectivity index is 0.000000131. The summed E-state index contributed by atoms with van der Waals surface area (Å²) < 4.78 is 80.3. The van der Waals surface area contributed by atoms with Crippen molar-refractivity contribution in [3.63, 3.8) is 0 Å². The van der Waals surface area contributed by atoms with Crippen LogP contribution >= 0.6 is 15.9 Å². The normalized spacial score (nSPS) is 37.2. The lowest BCUT2D eigenvalue weighted by molar-refractivity contribution is -0.316. The molecule has 4 unspecified atom stereocenters. The fraction of sp³-hybridized carbons (Fsp3) is 0.724. The van der Waals surface area contributed by atoms with Crippen LogP contribution in [0.2, 0.25) is 0 Å². The summed E-state index contributed by atoms with van der Waals surface area (Å²) in [6.07, 6.45) is 55.3. The van der Waals surface area contributed by atoms with Crippen LogP contribution in [-0.4, -0.2) is 174 Å². The van der Waals surface area contributed by atoms with Crippen molar-refractivity contribution in [2.45, 2.75) is 350 Å². The summed E-state index contributed by atoms with van der Waals surface area (Å²) in [6.45, 7) is 46.3. The number of carbonyl (C=O) groups excluding carboxylic acids is 2. The van der Waals surface area contributed by atoms with Gasteiger partial charge in [0.25, 0.3) is 0 Å². The smallest absolute Gasteiger partial charge is 0.342 e. The van der Waals surface area contributed by atoms with Gasteiger partial charge in [-0.05, 0) is 287 Å². The number of allylic oxidation sites excluding steroid dienone is 4. The minimum atomic E-state index is -0.994. The molecule has 141 heavy (non-hydrogen) atoms. The van der Waals surface area contributed by atoms with Gasteiger partial charge in [0.05, 0.1) is 109 Å². The zero-order valence-electron chi connectivity index (χ0n) is 86.3. The standard InChI is InChI=1S/C30H43NO5.2C28H39NO5.C22H35BrO2.C8H9NO3/c1-5-33-27(32)22-13-16-31-18-24(22)34-17-14-23-20(2)10-11-25-29(23,3)15-12-26-30(25,4)19-35-28(36-26)21-8-6-7-9-21;2*1-18-8-9-23-27(2,21(18)12-15-32-22-16-29-14-11-20(22)25(30)31)13-10-24-28(23,3)17-33-26(34-24)19-6-4-5-7-19;1-15-8-9-18-21(2,17(15)11-13-23)12-10-19-22(18,3)14-24-20(25-19)16-6-4-5-7-16;1-2-12-8(11)6-3-4-9-5-7(6)10/h13,16,18,21,23,25-26,28H,2,5-12,14-15,17,19H2,1,3-4H3;2*11,14,16,19,21,23-24,26H,1,4-10,12-13,15,17H2,2-3H3,(H,30,31);16-20H,1,4-14H2,2-3H3;3-5,10H,2H2,1H3/t23-,25?,26-,28-,29+,30+;2*21-,23?,24-,26-,27+,28+;17-,18?,19-,20-,21+,22+;/m1111./s1. The molecule has 4 aromatic heterocycles. The average molecular weight is 2020 g/mol. The number of aromatic nitrogens is 4. The number of carboxylic acid groups (broad SMARTS) is 2. The maximum absolute atomic E-state index is 12.3. The van der Waals surface area contributed by atoms with Crippen LogP contribution in [0.4, 0.5) is 0 Å². The molecule has 25 heteroatoms. The molecule has 0 aromatic carbocycles. The van der Waals surface area contributed by atoms with Crippen LogP contribution in [0.3, 0.4) is 0 Å². The Morgan fingerprint density at radius 2 is 0.617 bits per heavy atom. The number of carboxylic acids is 2. The molecule has 24 nitrogen and oxygen atoms in total. The predicted octanol–water partition coefficient (Wildman–Crippen LogP) is 25.1. The Kier molecular flexibility index (Phi) is 34.8. The number of ether oxygens (including phenoxy) is 13. The van der Waals surface area contributed by atoms with Gasteiger partial charge in [-0.25, -0.2) is 19.2 Å². The molecule has 4 aliphatic heterocycles. The van der Waals surface area contributed by atoms with E-state index in [9.17, 15) is 29.4 Å². The van der Waals surface area contributed by atoms with Gasteiger partial charge in [0.1, 0.15) is 28.0 Å². The Bertz CT molecular complexity index is 4820. The SMILES string of the molecule is C=C1CCC2[C@]3(C)CO[C@@H](C4CCCC4)O[C@@H]3CC[C@@]2(C)[C@@H]1CCBr.C=C1CCC2[C@]3(C)CO[C@@H](C4CCCC4)O[C@@H]3CC[C@@]2(C)[C@@H]1CCOc1cnccc1C(=O)O.C=C1CCC2[C@]3(C)CO[C@@H](C4CCCC4)O[C@@H]3CC[C@@]2(C)[C@@H]1CCOc1cnccc1C(=O)O.C=C1CCC2[C@]3(C)CO[C@@H](C4CCCC4)O[C@@H]3CC[C@@]2(C)[C@@H]1CCOc1cnccc1C(=O)OCC.CCOC(=O)c1ccncc1O. The van der Waals surface area contributed by atoms with E-state index in [1.807, 2.05) is 0 Å². The first kappa shape index (κ1) is 107. The van der Waals surface area contributed by atoms with E-state index in [0.29, 0.717) is 138 Å². The summed E-state index contributed by atoms with van der Waals surface area (Å²) in [6, 6.07) is 6.04. The van der Waals surface area contributed by atoms with Gasteiger partial charge in [-0.2, -0.15) is 0 Å². The van der Waals surface area contributed by atoms with Gasteiger partial charge in [0.15, 0.2) is 42.4 Å². The van der Waals surface area contributed by atoms with E-state index in [1.54, 1.807) is 32.3 Å². The molecule has 8 heterocycles. The predicted molar refractivity (Wildman–Crippen MR) is 543 cm³/mol. The molecule has 12 saturated carbocycles. The molecular weight excluding hydrogens is 1850 g/mol. The van der Waals surface area contributed by atoms with Crippen molar-refractivity contribution in [2.75, 3.05) is 64.8 Å². The number of aromatic carboxylic acids is 2. The second kappa shape index (κ2) is 46.1. The molecule has 16 aliphatic rings. The summed E-state index contributed by atoms with van der Waals surface area (Å²) in [5.74, 6) is 4.37. The van der Waals surface area contributed by atoms with Gasteiger partial charge in [-0.3, -0.25) is 19.9 Å². The summed E-state index contributed by atoms with van der Waals surface area (Å²) in [7, 11) is 0. The second-order valence-electron chi connectivity index (χ2n) is 46.8. The molecule has 0 radical (unpaired) electrons. The number of aromatic hydroxyl groups is 1. The Morgan fingerprint density at radius 3 is 0.887 bits per heavy atom. The maximum Gasteiger partial charge on any atom is 0.342 e. The summed E-state index contributed by atoms with van der Waals surface area (Å²) in [5.41, 5.74) is 7.27. The van der Waals surface area contributed by atoms with E-state index < -0.39 is 17.9 Å². The Hall–Kier alpha value is -7.20. The quantitative estimate of drug-likeness (QED) is 0.0333. The number of hydrogen-bond donors (Lipinski definition) is 3. The fourth-order valence-electron chi connectivity index (χ4n) is 31.4. The lowest BCUT2D eigenvalue weighted by atomic mass is 9.46. The first-order chi connectivity index (χ1) is 67.8. The van der Waals surface area contributed by atoms with Crippen molar-refractivity contribution in [2.24, 2.45) is 114 Å². The van der Waals surface area contributed by atoms with Crippen molar-refractivity contribution in [1.82, 2.24) is 19.9 Å². The van der Waals surface area contributed by atoms with Crippen LogP contribution < -0.4 is 14.2 Å². The van der Waals surface area contributed by atoms with Crippen LogP contribution in [0, 0.1) is 114 Å². The number of fused-ring (bicyclic) bond motifs is 12. The Labute approximate surface area is 847 Å². The number of esters is 2. The lowest BCUT2D eigenvalue weighted by Crippen LogP contribution is -2.62. The average Bonchev–Trinajstić information content (AvgIpc) is 1.16. The molecule has 4 aromatic rings. The van der Waals surface area contributed by atoms with Crippen LogP contribution in [0.15, 0.2) is 122 Å². The van der Waals surface area contributed by atoms with E-state index in [4.69, 9.17) is 61.9 Å². The third kappa shape index (κ3) is 22.2. The first-order valence-corrected chi connectivity index (χ1v) is 55.4. The molecule has 16 fully saturated rings. The van der Waals surface area contributed by atoms with E-state index >= 15 is 0 Å². The van der Waals surface area contributed by atoms with Crippen LogP contribution in [0.1, 0.15) is 342 Å². The van der Waals surface area contributed by atoms with Crippen LogP contribution in [-0.2, 0) is 47.4 Å². The topological polar surface area (TPSA) is 301 Å². The molecule has 0 bridgehead atoms. The molecule has 4 saturated heterocycles. The highest BCUT2D eigenvalue weighted by atomic mass is 79.9. The van der Waals surface area contributed by atoms with Crippen LogP contribution in [0.25, 0.3) is 0 Å². The summed E-state index contributed by atoms with van der Waals surface area (Å²) in [4.78, 5) is 62.3. The number of rotatable bonds is 24. The van der Waals surface area contributed by atoms with Crippen molar-refractivity contribution in [3.8, 4) is 23.0 Å². The van der Waals surface area contributed by atoms with E-state index in [1.165, 1.54) is 213 Å². The zero-order chi connectivity index (χ0) is 99.8. The number of carbonyl (C=O) groups is 4. The van der Waals surface area contributed by atoms with Gasteiger partial charge in [-0.1, -0.05) is 171 Å². The number of nitrogens with zero attached hydrogens (tertiary/aromatic N) is 4. The monoisotopic (exact) mass is 2010 g/mol. The van der Waals surface area contributed by atoms with Gasteiger partial charge >= 0.3 is 23.9 Å². The van der Waals surface area contributed by atoms with E-state index in [2.05, 4.69) is 122 Å². The highest BCUT2D eigenvalue weighted by Crippen LogP contribution is 2.69. The molecule has 12 aliphatic carbocycles. The lowest BCUT2D eigenvalue weighted by Gasteiger charge is -2.63. The van der Waals surface area contributed by atoms with Crippen molar-refractivity contribution >= 4 is 39.8 Å². The fourth-order valence-corrected chi connectivity index (χ4v) is 31.9. The van der Waals surface area contributed by atoms with Crippen molar-refractivity contribution in [3.05, 3.63) is 145 Å². The van der Waals surface area contributed by atoms with Crippen molar-refractivity contribution < 1.29 is 96.1 Å². The highest BCUT2D eigenvalue weighted by molar-refractivity contribution is 9.09. The van der Waals surface area contributed by atoms with Crippen molar-refractivity contribution in [1.29, 1.82) is 0 Å². The zero-order valence-corrected chi connectivity index (χ0v) is 87.9. The van der Waals surface area contributed by atoms with E-state index in [0.717, 1.165) is 128 Å². The number of hydrogen-bond acceptors (Lipinski definition) is 22. The molecule has 776 valence electrons. The van der Waals surface area contributed by atoms with Crippen LogP contribution in [0.5, 0.6) is 23.0 Å². The minimum Gasteiger partial charge on any atom is -0.505 e. The maximum atomic E-state index is 12.3. The third-order valence-corrected chi connectivity index (χ3v) is 39.3. The first-order valence-electron chi connectivity index (χ1n) is 54.3. The molecule has 24 atom stereocenters. The molecule has 3 N–H and O–H groups in total. The largest absolute Gasteiger partial charge is 0.505 e. The summed E-state index contributed by atoms with van der Waals surface area (Å²) in [5, 5.41) is 29.1. The molecule has 20 rings (SSSR count). The van der Waals surface area contributed by atoms with Gasteiger partial charge in [0.2, 0.25) is 0 Å². The third-order valence-electron chi connectivity index (χ3n) is 38.8. The van der Waals surface area contributed by atoms with E-state index in [-0.39, 0.29) is 110 Å². The van der Waals surface area contributed by atoms with Gasteiger partial charge < -0.3 is 76.9 Å². The Morgan fingerprint density at radius 1 is 0.362 bits per heavy atom. The number of alkyl halides is 1. The van der Waals surface area contributed by atoms with Gasteiger partial charge in [0, 0.05) is 75.4 Å². The number of halogens is 1. The minimum absolute atomic E-state index is 0.00856. The molecular formula is C116H165BrN4O20. The highest BCUT2D eigenvalue weighted by Gasteiger charge is 2.66. The summed E-state index contributed by atoms with van der Waals surface area (Å²) >= 11 is 3.69. The second-order valence-corrected chi connectivity index (χ2v) is 47.5. The van der Waals surface area contributed by atoms with Gasteiger partial charge in [-0.15, -0.1) is 0 Å². The number of pyridine rings is 4. The molecule has 0 amide bonds.